The fraction of sp³-hybridized carbons (Fsp3) is 0.143. The van der Waals surface area contributed by atoms with Gasteiger partial charge in [0.1, 0.15) is 0 Å². The molecule has 42 heavy (non-hydrogen) atoms. The molecule has 210 valence electrons. The lowest BCUT2D eigenvalue weighted by molar-refractivity contribution is 1.16. The molecule has 6 rings (SSSR count). The Hall–Kier alpha value is -4.68. The van der Waals surface area contributed by atoms with Gasteiger partial charge in [-0.15, -0.1) is 0 Å². The van der Waals surface area contributed by atoms with E-state index >= 15 is 0 Å². The van der Waals surface area contributed by atoms with Crippen LogP contribution in [0.15, 0.2) is 164 Å². The molecule has 0 aliphatic carbocycles. The van der Waals surface area contributed by atoms with E-state index in [0.717, 1.165) is 19.3 Å². The van der Waals surface area contributed by atoms with Crippen LogP contribution < -0.4 is 0 Å². The van der Waals surface area contributed by atoms with Crippen LogP contribution in [0.1, 0.15) is 50.1 Å². The van der Waals surface area contributed by atoms with Crippen molar-refractivity contribution in [2.24, 2.45) is 0 Å². The van der Waals surface area contributed by atoms with E-state index in [4.69, 9.17) is 0 Å². The van der Waals surface area contributed by atoms with E-state index < -0.39 is 0 Å². The third-order valence-corrected chi connectivity index (χ3v) is 7.20. The molecule has 0 bridgehead atoms. The number of aryl methyl sites for hydroxylation is 3. The standard InChI is InChI=1S/3C14H14/c1-12-7-5-6-10-14(12)11-13-8-3-2-4-9-13;1-12-6-5-9-14(10-12)11-13-7-3-2-4-8-13;1-12-7-9-14(10-8-12)11-13-5-3-2-4-6-13/h3*2-10H,11H2,1H3. The predicted octanol–water partition coefficient (Wildman–Crippen LogP) is 10.8. The highest BCUT2D eigenvalue weighted by Crippen LogP contribution is 2.13. The molecule has 0 aliphatic rings. The van der Waals surface area contributed by atoms with Crippen LogP contribution in [-0.2, 0) is 19.3 Å². The van der Waals surface area contributed by atoms with Crippen molar-refractivity contribution >= 4 is 0 Å². The number of benzene rings is 6. The average Bonchev–Trinajstić information content (AvgIpc) is 3.02. The lowest BCUT2D eigenvalue weighted by Gasteiger charge is -2.04. The average molecular weight is 547 g/mol. The van der Waals surface area contributed by atoms with E-state index in [1.54, 1.807) is 0 Å². The highest BCUT2D eigenvalue weighted by Gasteiger charge is 1.98. The second-order valence-electron chi connectivity index (χ2n) is 10.9. The molecule has 0 heteroatoms. The Balaban J connectivity index is 0.000000145. The van der Waals surface area contributed by atoms with E-state index in [1.807, 2.05) is 0 Å². The van der Waals surface area contributed by atoms with E-state index in [9.17, 15) is 0 Å². The smallest absolute Gasteiger partial charge is 0.00232 e. The van der Waals surface area contributed by atoms with Gasteiger partial charge in [-0.25, -0.2) is 0 Å². The summed E-state index contributed by atoms with van der Waals surface area (Å²) in [6, 6.07) is 57.7. The number of rotatable bonds is 6. The Labute approximate surface area is 253 Å². The Kier molecular flexibility index (Phi) is 11.9. The molecular weight excluding hydrogens is 504 g/mol. The quantitative estimate of drug-likeness (QED) is 0.195. The van der Waals surface area contributed by atoms with Gasteiger partial charge in [0, 0.05) is 0 Å². The van der Waals surface area contributed by atoms with Crippen LogP contribution >= 0.6 is 0 Å². The Morgan fingerprint density at radius 3 is 1.26 bits per heavy atom. The van der Waals surface area contributed by atoms with Gasteiger partial charge in [-0.3, -0.25) is 0 Å². The van der Waals surface area contributed by atoms with Crippen molar-refractivity contribution in [2.75, 3.05) is 0 Å². The van der Waals surface area contributed by atoms with Crippen LogP contribution in [0.25, 0.3) is 0 Å². The van der Waals surface area contributed by atoms with Crippen molar-refractivity contribution in [3.8, 4) is 0 Å². The first-order valence-corrected chi connectivity index (χ1v) is 14.8. The molecule has 0 spiro atoms. The molecular formula is C42H42. The summed E-state index contributed by atoms with van der Waals surface area (Å²) < 4.78 is 0. The van der Waals surface area contributed by atoms with Crippen LogP contribution in [0.3, 0.4) is 0 Å². The van der Waals surface area contributed by atoms with Crippen LogP contribution in [0.4, 0.5) is 0 Å². The van der Waals surface area contributed by atoms with Crippen LogP contribution in [0, 0.1) is 20.8 Å². The maximum atomic E-state index is 2.24. The summed E-state index contributed by atoms with van der Waals surface area (Å²) in [4.78, 5) is 0. The zero-order chi connectivity index (χ0) is 29.4. The lowest BCUT2D eigenvalue weighted by Crippen LogP contribution is -1.90. The van der Waals surface area contributed by atoms with Crippen LogP contribution in [0.2, 0.25) is 0 Å². The maximum Gasteiger partial charge on any atom is -0.00232 e. The molecule has 6 aromatic rings. The van der Waals surface area contributed by atoms with Gasteiger partial charge in [0.05, 0.1) is 0 Å². The van der Waals surface area contributed by atoms with Gasteiger partial charge in [-0.2, -0.15) is 0 Å². The minimum atomic E-state index is 1.03. The highest BCUT2D eigenvalue weighted by molar-refractivity contribution is 5.32. The molecule has 0 amide bonds. The molecule has 0 fully saturated rings. The third kappa shape index (κ3) is 10.7. The molecule has 6 aromatic carbocycles. The summed E-state index contributed by atoms with van der Waals surface area (Å²) in [5, 5.41) is 0. The second-order valence-corrected chi connectivity index (χ2v) is 10.9. The second kappa shape index (κ2) is 16.6. The minimum absolute atomic E-state index is 1.03. The van der Waals surface area contributed by atoms with E-state index in [2.05, 4.69) is 185 Å². The van der Waals surface area contributed by atoms with Crippen molar-refractivity contribution in [3.63, 3.8) is 0 Å². The summed E-state index contributed by atoms with van der Waals surface area (Å²) >= 11 is 0. The molecule has 0 nitrogen and oxygen atoms in total. The summed E-state index contributed by atoms with van der Waals surface area (Å²) in [6.07, 6.45) is 3.09. The maximum absolute atomic E-state index is 2.24. The van der Waals surface area contributed by atoms with Crippen LogP contribution in [-0.4, -0.2) is 0 Å². The van der Waals surface area contributed by atoms with Gasteiger partial charge in [0.15, 0.2) is 0 Å². The fourth-order valence-corrected chi connectivity index (χ4v) is 4.82. The van der Waals surface area contributed by atoms with Crippen molar-refractivity contribution < 1.29 is 0 Å². The van der Waals surface area contributed by atoms with Gasteiger partial charge in [0.2, 0.25) is 0 Å². The largest absolute Gasteiger partial charge is 0.0622 e. The number of hydrogen-bond donors (Lipinski definition) is 0. The molecule has 0 heterocycles. The van der Waals surface area contributed by atoms with Crippen molar-refractivity contribution in [2.45, 2.75) is 40.0 Å². The first-order chi connectivity index (χ1) is 20.5. The zero-order valence-corrected chi connectivity index (χ0v) is 25.2. The Morgan fingerprint density at radius 2 is 0.738 bits per heavy atom. The highest BCUT2D eigenvalue weighted by atomic mass is 14.0. The SMILES string of the molecule is Cc1ccc(Cc2ccccc2)cc1.Cc1cccc(Cc2ccccc2)c1.Cc1ccccc1Cc1ccccc1. The summed E-state index contributed by atoms with van der Waals surface area (Å²) in [7, 11) is 0. The molecule has 0 radical (unpaired) electrons. The molecule has 0 N–H and O–H groups in total. The molecule has 0 saturated heterocycles. The monoisotopic (exact) mass is 546 g/mol. The van der Waals surface area contributed by atoms with E-state index in [-0.39, 0.29) is 0 Å². The molecule has 0 saturated carbocycles. The van der Waals surface area contributed by atoms with Crippen LogP contribution in [0.5, 0.6) is 0 Å². The molecule has 0 atom stereocenters. The Morgan fingerprint density at radius 1 is 0.310 bits per heavy atom. The third-order valence-electron chi connectivity index (χ3n) is 7.20. The van der Waals surface area contributed by atoms with Crippen molar-refractivity contribution in [3.05, 3.63) is 214 Å². The van der Waals surface area contributed by atoms with Crippen molar-refractivity contribution in [1.29, 1.82) is 0 Å². The fourth-order valence-electron chi connectivity index (χ4n) is 4.82. The predicted molar refractivity (Wildman–Crippen MR) is 181 cm³/mol. The normalized spacial score (nSPS) is 10.1. The molecule has 0 unspecified atom stereocenters. The van der Waals surface area contributed by atoms with Gasteiger partial charge in [-0.1, -0.05) is 175 Å². The first-order valence-electron chi connectivity index (χ1n) is 14.8. The zero-order valence-electron chi connectivity index (χ0n) is 25.2. The van der Waals surface area contributed by atoms with Crippen molar-refractivity contribution in [1.82, 2.24) is 0 Å². The summed E-state index contributed by atoms with van der Waals surface area (Å²) in [6.45, 7) is 6.42. The van der Waals surface area contributed by atoms with Gasteiger partial charge in [-0.05, 0) is 79.0 Å². The first kappa shape index (κ1) is 30.3. The van der Waals surface area contributed by atoms with Gasteiger partial charge >= 0.3 is 0 Å². The Bertz CT molecular complexity index is 1580. The lowest BCUT2D eigenvalue weighted by atomic mass is 10.0. The van der Waals surface area contributed by atoms with Gasteiger partial charge < -0.3 is 0 Å². The van der Waals surface area contributed by atoms with Gasteiger partial charge in [0.25, 0.3) is 0 Å². The van der Waals surface area contributed by atoms with E-state index in [0.29, 0.717) is 0 Å². The molecule has 0 aromatic heterocycles. The molecule has 0 aliphatic heterocycles. The summed E-state index contributed by atoms with van der Waals surface area (Å²) in [5.41, 5.74) is 12.3. The number of hydrogen-bond acceptors (Lipinski definition) is 0. The summed E-state index contributed by atoms with van der Waals surface area (Å²) in [5.74, 6) is 0. The topological polar surface area (TPSA) is 0 Å². The van der Waals surface area contributed by atoms with E-state index in [1.165, 1.54) is 50.1 Å². The minimum Gasteiger partial charge on any atom is -0.0622 e.